The monoisotopic (exact) mass is 266 g/mol. The highest BCUT2D eigenvalue weighted by Crippen LogP contribution is 2.17. The van der Waals surface area contributed by atoms with Crippen molar-refractivity contribution in [3.63, 3.8) is 0 Å². The third-order valence-corrected chi connectivity index (χ3v) is 2.09. The van der Waals surface area contributed by atoms with Gasteiger partial charge in [-0.05, 0) is 28.7 Å². The van der Waals surface area contributed by atoms with Gasteiger partial charge in [-0.3, -0.25) is 0 Å². The summed E-state index contributed by atoms with van der Waals surface area (Å²) in [4.78, 5) is 0. The van der Waals surface area contributed by atoms with E-state index in [0.717, 1.165) is 6.07 Å². The Hall–Kier alpha value is -0.450. The summed E-state index contributed by atoms with van der Waals surface area (Å²) in [7, 11) is 0. The molecule has 0 radical (unpaired) electrons. The van der Waals surface area contributed by atoms with Gasteiger partial charge in [-0.25, -0.2) is 8.78 Å². The second kappa shape index (κ2) is 3.30. The number of rotatable bonds is 1. The highest BCUT2D eigenvalue weighted by atomic mass is 127. The van der Waals surface area contributed by atoms with Crippen LogP contribution in [0.2, 0.25) is 0 Å². The zero-order chi connectivity index (χ0) is 8.43. The maximum atomic E-state index is 12.7. The predicted octanol–water partition coefficient (Wildman–Crippen LogP) is 3.21. The fourth-order valence-electron chi connectivity index (χ4n) is 0.694. The maximum Gasteiger partial charge on any atom is 0.139 e. The average Bonchev–Trinajstić information content (AvgIpc) is 1.97. The van der Waals surface area contributed by atoms with Crippen LogP contribution in [0.15, 0.2) is 18.7 Å². The Balaban J connectivity index is 3.31. The quantitative estimate of drug-likeness (QED) is 0.540. The van der Waals surface area contributed by atoms with Crippen LogP contribution in [0, 0.1) is 15.2 Å². The summed E-state index contributed by atoms with van der Waals surface area (Å²) in [6, 6.07) is 2.27. The van der Waals surface area contributed by atoms with Gasteiger partial charge in [0.15, 0.2) is 0 Å². The Labute approximate surface area is 77.1 Å². The fourth-order valence-corrected chi connectivity index (χ4v) is 1.19. The molecular weight excluding hydrogens is 261 g/mol. The lowest BCUT2D eigenvalue weighted by molar-refractivity contribution is 0.577. The first kappa shape index (κ1) is 8.64. The molecule has 1 rings (SSSR count). The second-order valence-electron chi connectivity index (χ2n) is 1.99. The van der Waals surface area contributed by atoms with Crippen molar-refractivity contribution in [1.82, 2.24) is 0 Å². The van der Waals surface area contributed by atoms with Gasteiger partial charge in [0.2, 0.25) is 0 Å². The van der Waals surface area contributed by atoms with Crippen LogP contribution in [0.4, 0.5) is 8.78 Å². The van der Waals surface area contributed by atoms with Gasteiger partial charge in [0.05, 0.1) is 0 Å². The van der Waals surface area contributed by atoms with Crippen molar-refractivity contribution >= 4 is 28.7 Å². The molecule has 0 saturated carbocycles. The molecule has 0 unspecified atom stereocenters. The van der Waals surface area contributed by atoms with E-state index in [-0.39, 0.29) is 0 Å². The topological polar surface area (TPSA) is 0 Å². The standard InChI is InChI=1S/C8H5F2I/c1-2-5-3-8(11)7(10)4-6(5)9/h2-4H,1H2. The van der Waals surface area contributed by atoms with Gasteiger partial charge in [-0.15, -0.1) is 0 Å². The van der Waals surface area contributed by atoms with Crippen LogP contribution in [0.3, 0.4) is 0 Å². The van der Waals surface area contributed by atoms with E-state index >= 15 is 0 Å². The van der Waals surface area contributed by atoms with Gasteiger partial charge >= 0.3 is 0 Å². The molecule has 0 aromatic heterocycles. The lowest BCUT2D eigenvalue weighted by Gasteiger charge is -1.98. The Morgan fingerprint density at radius 2 is 1.91 bits per heavy atom. The van der Waals surface area contributed by atoms with E-state index in [9.17, 15) is 8.78 Å². The van der Waals surface area contributed by atoms with Crippen LogP contribution < -0.4 is 0 Å². The zero-order valence-electron chi connectivity index (χ0n) is 5.57. The van der Waals surface area contributed by atoms with E-state index in [4.69, 9.17) is 0 Å². The predicted molar refractivity (Wildman–Crippen MR) is 49.2 cm³/mol. The van der Waals surface area contributed by atoms with E-state index in [2.05, 4.69) is 6.58 Å². The lowest BCUT2D eigenvalue weighted by Crippen LogP contribution is -1.88. The normalized spacial score (nSPS) is 9.73. The van der Waals surface area contributed by atoms with Crippen LogP contribution in [-0.4, -0.2) is 0 Å². The highest BCUT2D eigenvalue weighted by molar-refractivity contribution is 14.1. The Morgan fingerprint density at radius 3 is 2.45 bits per heavy atom. The lowest BCUT2D eigenvalue weighted by atomic mass is 10.2. The van der Waals surface area contributed by atoms with Crippen LogP contribution in [0.25, 0.3) is 6.08 Å². The van der Waals surface area contributed by atoms with Crippen molar-refractivity contribution in [2.75, 3.05) is 0 Å². The molecule has 0 atom stereocenters. The molecule has 0 aliphatic rings. The number of hydrogen-bond donors (Lipinski definition) is 0. The summed E-state index contributed by atoms with van der Waals surface area (Å²) in [5.41, 5.74) is 0.329. The largest absolute Gasteiger partial charge is 0.206 e. The van der Waals surface area contributed by atoms with E-state index in [1.54, 1.807) is 22.6 Å². The Bertz CT molecular complexity index is 294. The molecular formula is C8H5F2I. The van der Waals surface area contributed by atoms with Gasteiger partial charge in [0.1, 0.15) is 11.6 Å². The van der Waals surface area contributed by atoms with E-state index in [1.807, 2.05) is 0 Å². The number of benzene rings is 1. The minimum Gasteiger partial charge on any atom is -0.206 e. The zero-order valence-corrected chi connectivity index (χ0v) is 7.73. The van der Waals surface area contributed by atoms with Crippen molar-refractivity contribution in [3.8, 4) is 0 Å². The molecule has 11 heavy (non-hydrogen) atoms. The Kier molecular flexibility index (Phi) is 2.59. The summed E-state index contributed by atoms with van der Waals surface area (Å²) in [6.45, 7) is 3.40. The summed E-state index contributed by atoms with van der Waals surface area (Å²) >= 11 is 1.80. The number of hydrogen-bond acceptors (Lipinski definition) is 0. The molecule has 0 aliphatic carbocycles. The van der Waals surface area contributed by atoms with E-state index in [0.29, 0.717) is 9.13 Å². The summed E-state index contributed by atoms with van der Waals surface area (Å²) in [5, 5.41) is 0. The first-order valence-corrected chi connectivity index (χ1v) is 4.00. The molecule has 1 aromatic carbocycles. The average molecular weight is 266 g/mol. The molecule has 58 valence electrons. The minimum absolute atomic E-state index is 0.329. The molecule has 1 aromatic rings. The van der Waals surface area contributed by atoms with Gasteiger partial charge in [-0.2, -0.15) is 0 Å². The van der Waals surface area contributed by atoms with Crippen LogP contribution >= 0.6 is 22.6 Å². The summed E-state index contributed by atoms with van der Waals surface area (Å²) < 4.78 is 25.7. The van der Waals surface area contributed by atoms with Gasteiger partial charge in [0.25, 0.3) is 0 Å². The first-order chi connectivity index (χ1) is 5.15. The van der Waals surface area contributed by atoms with Gasteiger partial charge in [0, 0.05) is 15.2 Å². The van der Waals surface area contributed by atoms with E-state index in [1.165, 1.54) is 12.1 Å². The molecule has 0 amide bonds. The molecule has 0 fully saturated rings. The minimum atomic E-state index is -0.571. The maximum absolute atomic E-state index is 12.7. The van der Waals surface area contributed by atoms with Crippen LogP contribution in [-0.2, 0) is 0 Å². The van der Waals surface area contributed by atoms with Crippen molar-refractivity contribution in [1.29, 1.82) is 0 Å². The molecule has 0 saturated heterocycles. The fraction of sp³-hybridized carbons (Fsp3) is 0. The van der Waals surface area contributed by atoms with Crippen molar-refractivity contribution in [3.05, 3.63) is 39.5 Å². The smallest absolute Gasteiger partial charge is 0.139 e. The molecule has 0 N–H and O–H groups in total. The van der Waals surface area contributed by atoms with Crippen molar-refractivity contribution in [2.45, 2.75) is 0 Å². The first-order valence-electron chi connectivity index (χ1n) is 2.92. The summed E-state index contributed by atoms with van der Waals surface area (Å²) in [5.74, 6) is -1.10. The Morgan fingerprint density at radius 1 is 1.27 bits per heavy atom. The van der Waals surface area contributed by atoms with Crippen molar-refractivity contribution in [2.24, 2.45) is 0 Å². The van der Waals surface area contributed by atoms with E-state index < -0.39 is 11.6 Å². The SMILES string of the molecule is C=Cc1cc(I)c(F)cc1F. The molecule has 3 heteroatoms. The second-order valence-corrected chi connectivity index (χ2v) is 3.15. The van der Waals surface area contributed by atoms with Crippen LogP contribution in [0.1, 0.15) is 5.56 Å². The summed E-state index contributed by atoms with van der Waals surface area (Å²) in [6.07, 6.45) is 1.36. The highest BCUT2D eigenvalue weighted by Gasteiger charge is 2.04. The third-order valence-electron chi connectivity index (χ3n) is 1.26. The van der Waals surface area contributed by atoms with Gasteiger partial charge in [-0.1, -0.05) is 12.7 Å². The molecule has 0 heterocycles. The molecule has 0 nitrogen and oxygen atoms in total. The number of halogens is 3. The molecule has 0 spiro atoms. The van der Waals surface area contributed by atoms with Crippen LogP contribution in [0.5, 0.6) is 0 Å². The van der Waals surface area contributed by atoms with Crippen molar-refractivity contribution < 1.29 is 8.78 Å². The molecule has 0 bridgehead atoms. The molecule has 0 aliphatic heterocycles. The van der Waals surface area contributed by atoms with Gasteiger partial charge < -0.3 is 0 Å². The third kappa shape index (κ3) is 1.77.